The van der Waals surface area contributed by atoms with E-state index in [1.807, 2.05) is 18.2 Å². The zero-order chi connectivity index (χ0) is 36.3. The second-order valence-electron chi connectivity index (χ2n) is 17.2. The first-order chi connectivity index (χ1) is 24.4. The molecule has 4 aliphatic rings. The summed E-state index contributed by atoms with van der Waals surface area (Å²) in [6.45, 7) is 23.2. The van der Waals surface area contributed by atoms with Crippen LogP contribution in [0.2, 0.25) is 5.02 Å². The number of hydrogen-bond donors (Lipinski definition) is 1. The first-order valence-corrected chi connectivity index (χ1v) is 21.5. The molecular formula is C43H63ClN4O2S. The van der Waals surface area contributed by atoms with Gasteiger partial charge in [-0.05, 0) is 96.2 Å². The Labute approximate surface area is 316 Å². The number of carbonyl (C=O) groups is 1. The summed E-state index contributed by atoms with van der Waals surface area (Å²) in [5, 5.41) is 1.07. The number of carbonyl (C=O) groups excluding carboxylic acids is 1. The lowest BCUT2D eigenvalue weighted by Gasteiger charge is -2.46. The van der Waals surface area contributed by atoms with Crippen molar-refractivity contribution in [3.05, 3.63) is 70.3 Å². The summed E-state index contributed by atoms with van der Waals surface area (Å²) in [6.07, 6.45) is 10.6. The van der Waals surface area contributed by atoms with Gasteiger partial charge >= 0.3 is 0 Å². The second kappa shape index (κ2) is 16.8. The van der Waals surface area contributed by atoms with Crippen LogP contribution in [-0.4, -0.2) is 85.8 Å². The molecule has 7 unspecified atom stereocenters. The minimum atomic E-state index is -0.499. The monoisotopic (exact) mass is 734 g/mol. The van der Waals surface area contributed by atoms with Crippen LogP contribution < -0.4 is 14.4 Å². The summed E-state index contributed by atoms with van der Waals surface area (Å²) >= 11 is 6.51. The van der Waals surface area contributed by atoms with E-state index in [0.717, 1.165) is 81.5 Å². The van der Waals surface area contributed by atoms with Crippen LogP contribution in [0.25, 0.3) is 0 Å². The number of nitrogens with zero attached hydrogens (tertiary/aromatic N) is 3. The highest BCUT2D eigenvalue weighted by atomic mass is 35.5. The largest absolute Gasteiger partial charge is 0.491 e. The van der Waals surface area contributed by atoms with E-state index < -0.39 is 10.7 Å². The molecule has 2 bridgehead atoms. The number of benzene rings is 2. The Kier molecular flexibility index (Phi) is 12.6. The Hall–Kier alpha value is -2.32. The maximum Gasteiger partial charge on any atom is 0.260 e. The first kappa shape index (κ1) is 38.4. The molecule has 8 heteroatoms. The molecule has 2 fully saturated rings. The maximum absolute atomic E-state index is 13.7. The standard InChI is InChI=1S/C43H63ClN4O2S/c1-8-10-32-23-37(44)15-17-38(32)36-27-48-26-35-13-16-39(35)34(25-46-19-21-47(22-20-46)29-43(4,5)6)12-9-11-30(2)31(3)51(7)45-42(49)33-14-18-41(50-28-36)40(48)24-33/h9,12,14-15,17-18,23-24,30-31,34-36,39H,7-8,10-11,13,16,19-22,25-29H2,1-6H3,(H,45,49)/b12-9+. The van der Waals surface area contributed by atoms with E-state index in [9.17, 15) is 4.79 Å². The third-order valence-corrected chi connectivity index (χ3v) is 14.0. The van der Waals surface area contributed by atoms with Crippen molar-refractivity contribution in [1.82, 2.24) is 14.5 Å². The van der Waals surface area contributed by atoms with E-state index in [1.165, 1.54) is 30.5 Å². The van der Waals surface area contributed by atoms with Crippen LogP contribution in [0.15, 0.2) is 48.6 Å². The van der Waals surface area contributed by atoms with Crippen LogP contribution in [-0.2, 0) is 6.42 Å². The molecule has 51 heavy (non-hydrogen) atoms. The van der Waals surface area contributed by atoms with Crippen LogP contribution in [0, 0.1) is 29.1 Å². The number of rotatable bonds is 6. The summed E-state index contributed by atoms with van der Waals surface area (Å²) in [5.74, 6) is 7.64. The van der Waals surface area contributed by atoms with Crippen molar-refractivity contribution in [2.24, 2.45) is 29.1 Å². The molecule has 0 aromatic heterocycles. The van der Waals surface area contributed by atoms with Gasteiger partial charge in [-0.25, -0.2) is 0 Å². The van der Waals surface area contributed by atoms with Crippen LogP contribution in [0.5, 0.6) is 5.75 Å². The van der Waals surface area contributed by atoms with Gasteiger partial charge in [0.1, 0.15) is 5.75 Å². The molecule has 0 spiro atoms. The van der Waals surface area contributed by atoms with Crippen molar-refractivity contribution in [2.75, 3.05) is 63.9 Å². The van der Waals surface area contributed by atoms with Crippen molar-refractivity contribution in [1.29, 1.82) is 0 Å². The quantitative estimate of drug-likeness (QED) is 0.237. The number of fused-ring (bicyclic) bond motifs is 2. The molecule has 280 valence electrons. The fourth-order valence-corrected chi connectivity index (χ4v) is 10.2. The molecule has 1 amide bonds. The van der Waals surface area contributed by atoms with Crippen LogP contribution in [0.4, 0.5) is 5.69 Å². The summed E-state index contributed by atoms with van der Waals surface area (Å²) in [6, 6.07) is 12.4. The normalized spacial score (nSPS) is 30.4. The van der Waals surface area contributed by atoms with Crippen molar-refractivity contribution in [3.63, 3.8) is 0 Å². The molecular weight excluding hydrogens is 672 g/mol. The number of aryl methyl sites for hydroxylation is 1. The molecule has 1 saturated carbocycles. The van der Waals surface area contributed by atoms with E-state index in [1.54, 1.807) is 0 Å². The molecule has 3 aliphatic heterocycles. The predicted octanol–water partition coefficient (Wildman–Crippen LogP) is 8.91. The molecule has 0 radical (unpaired) electrons. The Morgan fingerprint density at radius 1 is 1.02 bits per heavy atom. The van der Waals surface area contributed by atoms with Gasteiger partial charge in [0.15, 0.2) is 0 Å². The van der Waals surface area contributed by atoms with E-state index in [0.29, 0.717) is 41.3 Å². The Bertz CT molecular complexity index is 1560. The van der Waals surface area contributed by atoms with Crippen molar-refractivity contribution in [3.8, 4) is 5.75 Å². The summed E-state index contributed by atoms with van der Waals surface area (Å²) < 4.78 is 9.91. The van der Waals surface area contributed by atoms with Crippen LogP contribution in [0.3, 0.4) is 0 Å². The third kappa shape index (κ3) is 9.62. The van der Waals surface area contributed by atoms with Crippen LogP contribution >= 0.6 is 22.3 Å². The van der Waals surface area contributed by atoms with Gasteiger partial charge in [0.05, 0.1) is 12.3 Å². The second-order valence-corrected chi connectivity index (χ2v) is 19.4. The zero-order valence-corrected chi connectivity index (χ0v) is 33.7. The lowest BCUT2D eigenvalue weighted by Crippen LogP contribution is -2.51. The highest BCUT2D eigenvalue weighted by Gasteiger charge is 2.39. The SMILES string of the molecule is C=S1NC(=O)c2ccc3c(c2)N(CC(c2ccc(Cl)cc2CCC)CO3)CC2CCC2C(CN2CCN(CC(C)(C)C)CC2)/C=C/CC(C)C1C. The summed E-state index contributed by atoms with van der Waals surface area (Å²) in [7, 11) is -0.499. The average molecular weight is 736 g/mol. The average Bonchev–Trinajstić information content (AvgIpc) is 3.25. The van der Waals surface area contributed by atoms with Gasteiger partial charge < -0.3 is 24.2 Å². The minimum Gasteiger partial charge on any atom is -0.491 e. The van der Waals surface area contributed by atoms with E-state index in [-0.39, 0.29) is 17.1 Å². The third-order valence-electron chi connectivity index (χ3n) is 12.0. The Morgan fingerprint density at radius 2 is 1.78 bits per heavy atom. The fourth-order valence-electron chi connectivity index (χ4n) is 8.77. The smallest absolute Gasteiger partial charge is 0.260 e. The van der Waals surface area contributed by atoms with Gasteiger partial charge in [0.25, 0.3) is 5.91 Å². The number of amides is 1. The molecule has 6 nitrogen and oxygen atoms in total. The molecule has 2 aromatic rings. The summed E-state index contributed by atoms with van der Waals surface area (Å²) in [4.78, 5) is 21.7. The molecule has 1 N–H and O–H groups in total. The number of hydrogen-bond acceptors (Lipinski definition) is 5. The van der Waals surface area contributed by atoms with Gasteiger partial charge in [-0.3, -0.25) is 4.79 Å². The van der Waals surface area contributed by atoms with Gasteiger partial charge in [0.2, 0.25) is 0 Å². The van der Waals surface area contributed by atoms with E-state index in [2.05, 4.69) is 97.2 Å². The molecule has 7 atom stereocenters. The van der Waals surface area contributed by atoms with Gasteiger partial charge in [-0.2, -0.15) is 0 Å². The topological polar surface area (TPSA) is 48.1 Å². The van der Waals surface area contributed by atoms with Crippen LogP contribution in [0.1, 0.15) is 94.6 Å². The van der Waals surface area contributed by atoms with E-state index in [4.69, 9.17) is 16.3 Å². The highest BCUT2D eigenvalue weighted by Crippen LogP contribution is 2.45. The number of ether oxygens (including phenoxy) is 1. The van der Waals surface area contributed by atoms with Gasteiger partial charge in [0, 0.05) is 74.1 Å². The number of halogens is 1. The lowest BCUT2D eigenvalue weighted by molar-refractivity contribution is 0.0639. The highest BCUT2D eigenvalue weighted by molar-refractivity contribution is 8.13. The minimum absolute atomic E-state index is 0.0503. The van der Waals surface area contributed by atoms with Crippen molar-refractivity contribution < 1.29 is 9.53 Å². The number of allylic oxidation sites excluding steroid dienone is 1. The molecule has 6 rings (SSSR count). The Morgan fingerprint density at radius 3 is 2.49 bits per heavy atom. The van der Waals surface area contributed by atoms with Crippen molar-refractivity contribution >= 4 is 39.7 Å². The molecule has 3 heterocycles. The zero-order valence-electron chi connectivity index (χ0n) is 32.1. The maximum atomic E-state index is 13.7. The van der Waals surface area contributed by atoms with E-state index >= 15 is 0 Å². The van der Waals surface area contributed by atoms with Crippen molar-refractivity contribution in [2.45, 2.75) is 84.8 Å². The molecule has 1 aliphatic carbocycles. The fraction of sp³-hybridized carbons (Fsp3) is 0.628. The predicted molar refractivity (Wildman–Crippen MR) is 219 cm³/mol. The number of nitrogens with one attached hydrogen (secondary N) is 1. The number of piperazine rings is 1. The molecule has 2 aromatic carbocycles. The Balaban J connectivity index is 1.30. The molecule has 1 saturated heterocycles. The number of anilines is 1. The van der Waals surface area contributed by atoms with Gasteiger partial charge in [-0.1, -0.05) is 94.3 Å². The summed E-state index contributed by atoms with van der Waals surface area (Å²) in [5.41, 5.74) is 4.71. The van der Waals surface area contributed by atoms with Gasteiger partial charge in [-0.15, -0.1) is 0 Å². The lowest BCUT2D eigenvalue weighted by atomic mass is 9.66. The first-order valence-electron chi connectivity index (χ1n) is 19.6.